The van der Waals surface area contributed by atoms with E-state index >= 15 is 0 Å². The highest BCUT2D eigenvalue weighted by atomic mass is 127. The first-order valence-electron chi connectivity index (χ1n) is 11.0. The number of hydrogen-bond donors (Lipinski definition) is 2. The second kappa shape index (κ2) is 12.6. The average Bonchev–Trinajstić information content (AvgIpc) is 2.76. The van der Waals surface area contributed by atoms with Gasteiger partial charge in [0.2, 0.25) is 0 Å². The smallest absolute Gasteiger partial charge is 0.191 e. The van der Waals surface area contributed by atoms with Crippen molar-refractivity contribution in [2.75, 3.05) is 31.3 Å². The van der Waals surface area contributed by atoms with Crippen LogP contribution < -0.4 is 15.5 Å². The number of nitrogens with one attached hydrogen (secondary N) is 2. The highest BCUT2D eigenvalue weighted by Crippen LogP contribution is 2.24. The van der Waals surface area contributed by atoms with Crippen LogP contribution in [0, 0.1) is 0 Å². The minimum absolute atomic E-state index is 0. The highest BCUT2D eigenvalue weighted by Gasteiger charge is 2.26. The van der Waals surface area contributed by atoms with Crippen molar-refractivity contribution in [3.63, 3.8) is 0 Å². The first-order valence-corrected chi connectivity index (χ1v) is 12.4. The molecule has 0 spiro atoms. The molecule has 0 saturated heterocycles. The molecule has 3 unspecified atom stereocenters. The maximum atomic E-state index is 12.3. The molecule has 1 aliphatic carbocycles. The van der Waals surface area contributed by atoms with Gasteiger partial charge in [-0.2, -0.15) is 0 Å². The largest absolute Gasteiger partial charge is 0.363 e. The van der Waals surface area contributed by atoms with Crippen LogP contribution in [0.3, 0.4) is 0 Å². The van der Waals surface area contributed by atoms with Gasteiger partial charge in [0.1, 0.15) is 5.82 Å². The summed E-state index contributed by atoms with van der Waals surface area (Å²) < 4.78 is 12.3. The monoisotopic (exact) mass is 557 g/mol. The van der Waals surface area contributed by atoms with Crippen molar-refractivity contribution in [1.29, 1.82) is 0 Å². The Morgan fingerprint density at radius 1 is 1.26 bits per heavy atom. The van der Waals surface area contributed by atoms with Gasteiger partial charge in [0, 0.05) is 53.9 Å². The predicted molar refractivity (Wildman–Crippen MR) is 144 cm³/mol. The van der Waals surface area contributed by atoms with Crippen LogP contribution in [0.1, 0.15) is 45.1 Å². The van der Waals surface area contributed by atoms with E-state index < -0.39 is 10.8 Å². The number of para-hydroxylation sites is 1. The third kappa shape index (κ3) is 7.03. The van der Waals surface area contributed by atoms with Gasteiger partial charge in [0.05, 0.1) is 12.1 Å². The van der Waals surface area contributed by atoms with E-state index in [1.54, 1.807) is 0 Å². The number of benzene rings is 1. The molecule has 0 radical (unpaired) electrons. The third-order valence-electron chi connectivity index (χ3n) is 5.62. The van der Waals surface area contributed by atoms with Crippen LogP contribution in [0.5, 0.6) is 0 Å². The van der Waals surface area contributed by atoms with Crippen LogP contribution in [-0.2, 0) is 17.3 Å². The number of hydrogen-bond acceptors (Lipinski definition) is 4. The molecule has 1 fully saturated rings. The van der Waals surface area contributed by atoms with Crippen LogP contribution in [0.4, 0.5) is 5.82 Å². The summed E-state index contributed by atoms with van der Waals surface area (Å²) in [5.74, 6) is 2.52. The second-order valence-electron chi connectivity index (χ2n) is 8.05. The molecule has 6 nitrogen and oxygen atoms in total. The molecule has 3 rings (SSSR count). The van der Waals surface area contributed by atoms with Crippen molar-refractivity contribution >= 4 is 57.5 Å². The zero-order chi connectivity index (χ0) is 21.5. The molecule has 31 heavy (non-hydrogen) atoms. The summed E-state index contributed by atoms with van der Waals surface area (Å²) in [6.45, 7) is 5.48. The van der Waals surface area contributed by atoms with Crippen molar-refractivity contribution in [2.24, 2.45) is 4.99 Å². The predicted octanol–water partition coefficient (Wildman–Crippen LogP) is 4.05. The van der Waals surface area contributed by atoms with E-state index in [0.29, 0.717) is 17.8 Å². The molecule has 2 aromatic rings. The molecule has 1 heterocycles. The summed E-state index contributed by atoms with van der Waals surface area (Å²) >= 11 is 0. The van der Waals surface area contributed by atoms with Crippen LogP contribution >= 0.6 is 24.0 Å². The maximum absolute atomic E-state index is 12.3. The number of aliphatic imine (C=N–C) groups is 1. The summed E-state index contributed by atoms with van der Waals surface area (Å²) in [5.41, 5.74) is 2.15. The molecule has 3 atom stereocenters. The van der Waals surface area contributed by atoms with E-state index in [1.165, 1.54) is 0 Å². The molecular weight excluding hydrogens is 521 g/mol. The molecule has 0 bridgehead atoms. The molecule has 1 aromatic carbocycles. The fraction of sp³-hybridized carbons (Fsp3) is 0.565. The lowest BCUT2D eigenvalue weighted by Crippen LogP contribution is -2.46. The van der Waals surface area contributed by atoms with Crippen molar-refractivity contribution < 1.29 is 4.21 Å². The highest BCUT2D eigenvalue weighted by molar-refractivity contribution is 14.0. The molecular formula is C23H36IN5OS. The lowest BCUT2D eigenvalue weighted by molar-refractivity contribution is 0.413. The van der Waals surface area contributed by atoms with Gasteiger partial charge in [0.25, 0.3) is 0 Å². The van der Waals surface area contributed by atoms with Gasteiger partial charge in [0.15, 0.2) is 5.96 Å². The van der Waals surface area contributed by atoms with Gasteiger partial charge in [-0.3, -0.25) is 4.21 Å². The summed E-state index contributed by atoms with van der Waals surface area (Å²) in [5, 5.41) is 8.42. The van der Waals surface area contributed by atoms with Gasteiger partial charge in [-0.15, -0.1) is 24.0 Å². The Labute approximate surface area is 206 Å². The van der Waals surface area contributed by atoms with E-state index in [-0.39, 0.29) is 24.0 Å². The van der Waals surface area contributed by atoms with E-state index in [9.17, 15) is 4.21 Å². The van der Waals surface area contributed by atoms with Crippen molar-refractivity contribution in [2.45, 2.75) is 57.4 Å². The topological polar surface area (TPSA) is 69.6 Å². The average molecular weight is 558 g/mol. The number of guanidine groups is 1. The zero-order valence-corrected chi connectivity index (χ0v) is 22.2. The molecule has 1 saturated carbocycles. The van der Waals surface area contributed by atoms with Crippen LogP contribution in [-0.4, -0.2) is 52.8 Å². The number of anilines is 1. The molecule has 0 amide bonds. The zero-order valence-electron chi connectivity index (χ0n) is 19.1. The summed E-state index contributed by atoms with van der Waals surface area (Å²) in [7, 11) is 3.30. The minimum atomic E-state index is -0.721. The molecule has 8 heteroatoms. The Balaban J connectivity index is 0.00000341. The van der Waals surface area contributed by atoms with E-state index in [4.69, 9.17) is 9.98 Å². The molecule has 2 N–H and O–H groups in total. The molecule has 172 valence electrons. The Kier molecular flexibility index (Phi) is 10.5. The molecule has 1 aliphatic rings. The number of halogens is 1. The SMILES string of the molecule is CCNC(=NCc1cc(N(C)C)nc2ccccc12)NC1CCCC(S(=O)CC)C1.I. The fourth-order valence-electron chi connectivity index (χ4n) is 4.02. The van der Waals surface area contributed by atoms with Crippen LogP contribution in [0.2, 0.25) is 0 Å². The fourth-order valence-corrected chi connectivity index (χ4v) is 5.37. The summed E-state index contributed by atoms with van der Waals surface area (Å²) in [4.78, 5) is 11.7. The van der Waals surface area contributed by atoms with Crippen LogP contribution in [0.15, 0.2) is 35.3 Å². The Bertz CT molecular complexity index is 905. The van der Waals surface area contributed by atoms with E-state index in [2.05, 4.69) is 35.8 Å². The minimum Gasteiger partial charge on any atom is -0.363 e. The lowest BCUT2D eigenvalue weighted by Gasteiger charge is -2.30. The number of fused-ring (bicyclic) bond motifs is 1. The quantitative estimate of drug-likeness (QED) is 0.306. The number of rotatable bonds is 7. The normalized spacial score (nSPS) is 20.1. The van der Waals surface area contributed by atoms with Crippen molar-refractivity contribution in [1.82, 2.24) is 15.6 Å². The van der Waals surface area contributed by atoms with Gasteiger partial charge in [-0.1, -0.05) is 31.5 Å². The Morgan fingerprint density at radius 2 is 2.03 bits per heavy atom. The summed E-state index contributed by atoms with van der Waals surface area (Å²) in [6.07, 6.45) is 4.25. The van der Waals surface area contributed by atoms with Gasteiger partial charge >= 0.3 is 0 Å². The Morgan fingerprint density at radius 3 is 2.74 bits per heavy atom. The van der Waals surface area contributed by atoms with Crippen molar-refractivity contribution in [3.8, 4) is 0 Å². The standard InChI is InChI=1S/C23H35N5OS.HI/c1-5-24-23(26-18-10-9-11-19(15-18)30(29)6-2)25-16-17-14-22(28(3)4)27-21-13-8-7-12-20(17)21;/h7-8,12-14,18-19H,5-6,9-11,15-16H2,1-4H3,(H2,24,25,26);1H. The van der Waals surface area contributed by atoms with E-state index in [0.717, 1.165) is 66.2 Å². The number of aromatic nitrogens is 1. The molecule has 0 aliphatic heterocycles. The Hall–Kier alpha value is -1.42. The van der Waals surface area contributed by atoms with Gasteiger partial charge in [-0.05, 0) is 43.9 Å². The van der Waals surface area contributed by atoms with Crippen molar-refractivity contribution in [3.05, 3.63) is 35.9 Å². The maximum Gasteiger partial charge on any atom is 0.191 e. The third-order valence-corrected chi connectivity index (χ3v) is 7.36. The number of nitrogens with zero attached hydrogens (tertiary/aromatic N) is 3. The number of pyridine rings is 1. The van der Waals surface area contributed by atoms with E-state index in [1.807, 2.05) is 38.1 Å². The van der Waals surface area contributed by atoms with Crippen LogP contribution in [0.25, 0.3) is 10.9 Å². The molecule has 1 aromatic heterocycles. The van der Waals surface area contributed by atoms with Gasteiger partial charge in [-0.25, -0.2) is 9.98 Å². The summed E-state index contributed by atoms with van der Waals surface area (Å²) in [6, 6.07) is 10.7. The second-order valence-corrected chi connectivity index (χ2v) is 10.1. The lowest BCUT2D eigenvalue weighted by atomic mass is 9.95. The first kappa shape index (κ1) is 25.8. The first-order chi connectivity index (χ1) is 14.5. The van der Waals surface area contributed by atoms with Gasteiger partial charge < -0.3 is 15.5 Å².